The number of amides is 2. The minimum Gasteiger partial charge on any atom is -0.349 e. The highest BCUT2D eigenvalue weighted by Gasteiger charge is 2.06. The Labute approximate surface area is 129 Å². The van der Waals surface area contributed by atoms with Gasteiger partial charge in [-0.05, 0) is 24.6 Å². The Balaban J connectivity index is 1.70. The van der Waals surface area contributed by atoms with Crippen LogP contribution < -0.4 is 10.6 Å². The normalized spacial score (nSPS) is 10.0. The average molecular weight is 297 g/mol. The number of nitrogens with one attached hydrogen (secondary N) is 2. The summed E-state index contributed by atoms with van der Waals surface area (Å²) in [6.07, 6.45) is 1.94. The van der Waals surface area contributed by atoms with Crippen LogP contribution in [-0.4, -0.2) is 23.3 Å². The number of rotatable bonds is 6. The predicted octanol–water partition coefficient (Wildman–Crippen LogP) is 1.37. The van der Waals surface area contributed by atoms with E-state index in [1.54, 1.807) is 6.20 Å². The van der Waals surface area contributed by atoms with Crippen LogP contribution in [0, 0.1) is 6.92 Å². The topological polar surface area (TPSA) is 71.1 Å². The molecule has 2 rings (SSSR count). The highest BCUT2D eigenvalue weighted by atomic mass is 16.2. The third-order valence-electron chi connectivity index (χ3n) is 3.09. The number of carbonyl (C=O) groups excluding carboxylic acids is 2. The Morgan fingerprint density at radius 3 is 2.64 bits per heavy atom. The van der Waals surface area contributed by atoms with Gasteiger partial charge in [-0.2, -0.15) is 0 Å². The van der Waals surface area contributed by atoms with E-state index in [9.17, 15) is 9.59 Å². The standard InChI is InChI=1S/C17H19N3O2/c1-13-5-4-6-14(9-13)10-16(21)20-12-17(22)19-11-15-7-2-3-8-18-15/h2-9H,10-12H2,1H3,(H,19,22)(H,20,21). The molecule has 0 aliphatic carbocycles. The second-order valence-corrected chi connectivity index (χ2v) is 5.04. The molecule has 22 heavy (non-hydrogen) atoms. The van der Waals surface area contributed by atoms with Gasteiger partial charge in [0.25, 0.3) is 0 Å². The van der Waals surface area contributed by atoms with Crippen LogP contribution >= 0.6 is 0 Å². The van der Waals surface area contributed by atoms with Crippen LogP contribution in [0.2, 0.25) is 0 Å². The first-order valence-electron chi connectivity index (χ1n) is 7.12. The summed E-state index contributed by atoms with van der Waals surface area (Å²) >= 11 is 0. The minimum atomic E-state index is -0.233. The Hall–Kier alpha value is -2.69. The average Bonchev–Trinajstić information content (AvgIpc) is 2.52. The molecule has 2 amide bonds. The number of pyridine rings is 1. The number of hydrogen-bond acceptors (Lipinski definition) is 3. The molecule has 2 aromatic rings. The Morgan fingerprint density at radius 2 is 1.91 bits per heavy atom. The Morgan fingerprint density at radius 1 is 1.05 bits per heavy atom. The van der Waals surface area contributed by atoms with E-state index in [2.05, 4.69) is 15.6 Å². The smallest absolute Gasteiger partial charge is 0.239 e. The summed E-state index contributed by atoms with van der Waals surface area (Å²) in [7, 11) is 0. The predicted molar refractivity (Wildman–Crippen MR) is 84.0 cm³/mol. The lowest BCUT2D eigenvalue weighted by molar-refractivity contribution is -0.125. The number of aromatic nitrogens is 1. The first kappa shape index (κ1) is 15.7. The molecule has 1 heterocycles. The van der Waals surface area contributed by atoms with Gasteiger partial charge in [-0.15, -0.1) is 0 Å². The quantitative estimate of drug-likeness (QED) is 0.846. The van der Waals surface area contributed by atoms with Crippen molar-refractivity contribution < 1.29 is 9.59 Å². The van der Waals surface area contributed by atoms with Crippen molar-refractivity contribution in [3.05, 3.63) is 65.5 Å². The van der Waals surface area contributed by atoms with Gasteiger partial charge >= 0.3 is 0 Å². The number of hydrogen-bond donors (Lipinski definition) is 2. The van der Waals surface area contributed by atoms with Crippen molar-refractivity contribution in [2.45, 2.75) is 19.9 Å². The van der Waals surface area contributed by atoms with Crippen molar-refractivity contribution in [1.82, 2.24) is 15.6 Å². The molecule has 5 nitrogen and oxygen atoms in total. The third kappa shape index (κ3) is 5.36. The molecule has 0 bridgehead atoms. The van der Waals surface area contributed by atoms with Gasteiger partial charge in [0.1, 0.15) is 0 Å². The zero-order valence-corrected chi connectivity index (χ0v) is 12.5. The van der Waals surface area contributed by atoms with Crippen LogP contribution in [0.5, 0.6) is 0 Å². The monoisotopic (exact) mass is 297 g/mol. The second-order valence-electron chi connectivity index (χ2n) is 5.04. The van der Waals surface area contributed by atoms with Gasteiger partial charge in [-0.3, -0.25) is 14.6 Å². The maximum absolute atomic E-state index is 11.8. The van der Waals surface area contributed by atoms with E-state index in [0.717, 1.165) is 16.8 Å². The second kappa shape index (κ2) is 7.93. The molecule has 0 aliphatic rings. The summed E-state index contributed by atoms with van der Waals surface area (Å²) in [6, 6.07) is 13.3. The fraction of sp³-hybridized carbons (Fsp3) is 0.235. The van der Waals surface area contributed by atoms with Crippen LogP contribution in [0.15, 0.2) is 48.7 Å². The molecular formula is C17H19N3O2. The van der Waals surface area contributed by atoms with Gasteiger partial charge in [0.15, 0.2) is 0 Å². The largest absolute Gasteiger partial charge is 0.349 e. The molecule has 0 saturated carbocycles. The first-order valence-corrected chi connectivity index (χ1v) is 7.12. The Kier molecular flexibility index (Phi) is 5.65. The van der Waals surface area contributed by atoms with E-state index < -0.39 is 0 Å². The van der Waals surface area contributed by atoms with Crippen molar-refractivity contribution in [1.29, 1.82) is 0 Å². The van der Waals surface area contributed by atoms with Gasteiger partial charge in [0.2, 0.25) is 11.8 Å². The van der Waals surface area contributed by atoms with E-state index in [4.69, 9.17) is 0 Å². The molecule has 0 aliphatic heterocycles. The number of aryl methyl sites for hydroxylation is 1. The highest BCUT2D eigenvalue weighted by Crippen LogP contribution is 2.04. The van der Waals surface area contributed by atoms with Crippen LogP contribution in [0.4, 0.5) is 0 Å². The lowest BCUT2D eigenvalue weighted by Gasteiger charge is -2.07. The number of nitrogens with zero attached hydrogens (tertiary/aromatic N) is 1. The summed E-state index contributed by atoms with van der Waals surface area (Å²) < 4.78 is 0. The molecule has 2 N–H and O–H groups in total. The summed E-state index contributed by atoms with van der Waals surface area (Å²) in [5, 5.41) is 5.33. The summed E-state index contributed by atoms with van der Waals surface area (Å²) in [4.78, 5) is 27.6. The number of carbonyl (C=O) groups is 2. The molecule has 0 spiro atoms. The van der Waals surface area contributed by atoms with Crippen molar-refractivity contribution in [2.75, 3.05) is 6.54 Å². The van der Waals surface area contributed by atoms with Crippen molar-refractivity contribution >= 4 is 11.8 Å². The molecule has 0 atom stereocenters. The van der Waals surface area contributed by atoms with Crippen molar-refractivity contribution in [3.8, 4) is 0 Å². The fourth-order valence-electron chi connectivity index (χ4n) is 2.00. The van der Waals surface area contributed by atoms with Gasteiger partial charge in [-0.25, -0.2) is 0 Å². The van der Waals surface area contributed by atoms with Gasteiger partial charge < -0.3 is 10.6 Å². The lowest BCUT2D eigenvalue weighted by Crippen LogP contribution is -2.37. The van der Waals surface area contributed by atoms with Crippen LogP contribution in [0.1, 0.15) is 16.8 Å². The zero-order valence-electron chi connectivity index (χ0n) is 12.5. The maximum Gasteiger partial charge on any atom is 0.239 e. The summed E-state index contributed by atoms with van der Waals surface area (Å²) in [6.45, 7) is 2.30. The molecule has 5 heteroatoms. The number of benzene rings is 1. The fourth-order valence-corrected chi connectivity index (χ4v) is 2.00. The summed E-state index contributed by atoms with van der Waals surface area (Å²) in [5.41, 5.74) is 2.83. The highest BCUT2D eigenvalue weighted by molar-refractivity contribution is 5.85. The van der Waals surface area contributed by atoms with Gasteiger partial charge in [-0.1, -0.05) is 35.9 Å². The molecule has 0 fully saturated rings. The van der Waals surface area contributed by atoms with Crippen LogP contribution in [0.25, 0.3) is 0 Å². The molecule has 0 saturated heterocycles. The molecular weight excluding hydrogens is 278 g/mol. The minimum absolute atomic E-state index is 0.0303. The zero-order chi connectivity index (χ0) is 15.8. The van der Waals surface area contributed by atoms with Crippen molar-refractivity contribution in [3.63, 3.8) is 0 Å². The van der Waals surface area contributed by atoms with E-state index in [-0.39, 0.29) is 24.8 Å². The first-order chi connectivity index (χ1) is 10.6. The molecule has 1 aromatic heterocycles. The van der Waals surface area contributed by atoms with Crippen molar-refractivity contribution in [2.24, 2.45) is 0 Å². The Bertz CT molecular complexity index is 641. The molecule has 0 unspecified atom stereocenters. The molecule has 0 radical (unpaired) electrons. The van der Waals surface area contributed by atoms with Gasteiger partial charge in [0, 0.05) is 6.20 Å². The SMILES string of the molecule is Cc1cccc(CC(=O)NCC(=O)NCc2ccccn2)c1. The van der Waals surface area contributed by atoms with E-state index in [1.165, 1.54) is 0 Å². The van der Waals surface area contributed by atoms with E-state index in [0.29, 0.717) is 6.54 Å². The van der Waals surface area contributed by atoms with Gasteiger partial charge in [0.05, 0.1) is 25.2 Å². The van der Waals surface area contributed by atoms with E-state index >= 15 is 0 Å². The third-order valence-corrected chi connectivity index (χ3v) is 3.09. The van der Waals surface area contributed by atoms with Crippen LogP contribution in [-0.2, 0) is 22.6 Å². The van der Waals surface area contributed by atoms with Crippen LogP contribution in [0.3, 0.4) is 0 Å². The molecule has 114 valence electrons. The summed E-state index contributed by atoms with van der Waals surface area (Å²) in [5.74, 6) is -0.401. The lowest BCUT2D eigenvalue weighted by atomic mass is 10.1. The maximum atomic E-state index is 11.8. The van der Waals surface area contributed by atoms with E-state index in [1.807, 2.05) is 49.4 Å². The molecule has 1 aromatic carbocycles.